The summed E-state index contributed by atoms with van der Waals surface area (Å²) in [7, 11) is 1.66. The molecule has 0 radical (unpaired) electrons. The molecule has 1 aliphatic heterocycles. The van der Waals surface area contributed by atoms with E-state index < -0.39 is 5.97 Å². The summed E-state index contributed by atoms with van der Waals surface area (Å²) >= 11 is 10.7. The first kappa shape index (κ1) is 18.7. The van der Waals surface area contributed by atoms with Crippen LogP contribution in [0.3, 0.4) is 0 Å². The Kier molecular flexibility index (Phi) is 5.50. The van der Waals surface area contributed by atoms with Gasteiger partial charge in [-0.2, -0.15) is 0 Å². The van der Waals surface area contributed by atoms with Crippen molar-refractivity contribution >= 4 is 68.1 Å². The van der Waals surface area contributed by atoms with Gasteiger partial charge in [-0.15, -0.1) is 0 Å². The van der Waals surface area contributed by atoms with E-state index in [0.29, 0.717) is 20.8 Å². The van der Waals surface area contributed by atoms with E-state index in [2.05, 4.69) is 20.9 Å². The molecule has 1 saturated heterocycles. The molecule has 3 rings (SSSR count). The Morgan fingerprint density at radius 1 is 1.27 bits per heavy atom. The Hall–Kier alpha value is -2.09. The number of rotatable bonds is 3. The molecule has 1 amide bonds. The van der Waals surface area contributed by atoms with E-state index in [1.807, 2.05) is 0 Å². The third-order valence-corrected chi connectivity index (χ3v) is 5.88. The number of hydrogen-bond acceptors (Lipinski definition) is 4. The Labute approximate surface area is 167 Å². The highest BCUT2D eigenvalue weighted by Crippen LogP contribution is 2.34. The van der Waals surface area contributed by atoms with Gasteiger partial charge in [0.05, 0.1) is 21.2 Å². The van der Waals surface area contributed by atoms with E-state index in [0.717, 1.165) is 10.0 Å². The number of carbonyl (C=O) groups is 2. The smallest absolute Gasteiger partial charge is 0.335 e. The van der Waals surface area contributed by atoms with E-state index >= 15 is 0 Å². The molecule has 8 heteroatoms. The van der Waals surface area contributed by atoms with Crippen molar-refractivity contribution in [3.05, 3.63) is 68.0 Å². The van der Waals surface area contributed by atoms with Crippen molar-refractivity contribution in [1.82, 2.24) is 4.90 Å². The summed E-state index contributed by atoms with van der Waals surface area (Å²) in [5.41, 5.74) is 1.59. The normalized spacial score (nSPS) is 17.3. The molecule has 0 atom stereocenters. The average molecular weight is 452 g/mol. The lowest BCUT2D eigenvalue weighted by atomic mass is 10.1. The molecule has 0 unspecified atom stereocenters. The Morgan fingerprint density at radius 3 is 2.58 bits per heavy atom. The van der Waals surface area contributed by atoms with Crippen LogP contribution in [0.5, 0.6) is 0 Å². The minimum atomic E-state index is -0.988. The van der Waals surface area contributed by atoms with Gasteiger partial charge in [-0.05, 0) is 69.7 Å². The van der Waals surface area contributed by atoms with E-state index in [1.165, 1.54) is 28.8 Å². The van der Waals surface area contributed by atoms with Gasteiger partial charge in [0.15, 0.2) is 5.17 Å². The topological polar surface area (TPSA) is 70.0 Å². The zero-order valence-corrected chi connectivity index (χ0v) is 16.6. The fraction of sp³-hybridized carbons (Fsp3) is 0.0556. The standard InChI is InChI=1S/C18H12BrClN2O3S/c1-22-16(23)15(8-10-2-4-11(5-3-10)17(24)25)26-18(22)21-12-6-7-13(19)14(20)9-12/h2-9H,1H3,(H,24,25)/b15-8-,21-18?. The fourth-order valence-corrected chi connectivity index (χ4v) is 3.60. The second-order valence-corrected chi connectivity index (χ2v) is 7.67. The number of aliphatic imine (C=N–C) groups is 1. The predicted molar refractivity (Wildman–Crippen MR) is 108 cm³/mol. The van der Waals surface area contributed by atoms with Crippen LogP contribution in [-0.4, -0.2) is 34.1 Å². The molecular weight excluding hydrogens is 440 g/mol. The summed E-state index contributed by atoms with van der Waals surface area (Å²) in [6.07, 6.45) is 1.71. The summed E-state index contributed by atoms with van der Waals surface area (Å²) in [4.78, 5) is 29.8. The third kappa shape index (κ3) is 4.00. The number of halogens is 2. The fourth-order valence-electron chi connectivity index (χ4n) is 2.19. The lowest BCUT2D eigenvalue weighted by Gasteiger charge is -2.07. The van der Waals surface area contributed by atoms with Gasteiger partial charge in [0.1, 0.15) is 0 Å². The number of carboxylic acids is 1. The van der Waals surface area contributed by atoms with Crippen LogP contribution in [0.4, 0.5) is 5.69 Å². The zero-order valence-electron chi connectivity index (χ0n) is 13.4. The van der Waals surface area contributed by atoms with Crippen molar-refractivity contribution in [2.75, 3.05) is 7.05 Å². The maximum atomic E-state index is 12.4. The van der Waals surface area contributed by atoms with Crippen molar-refractivity contribution in [1.29, 1.82) is 0 Å². The zero-order chi connectivity index (χ0) is 18.8. The number of carboxylic acid groups (broad SMARTS) is 1. The number of hydrogen-bond donors (Lipinski definition) is 1. The van der Waals surface area contributed by atoms with Gasteiger partial charge in [-0.25, -0.2) is 9.79 Å². The van der Waals surface area contributed by atoms with Crippen LogP contribution >= 0.6 is 39.3 Å². The summed E-state index contributed by atoms with van der Waals surface area (Å²) in [5, 5.41) is 10.0. The Morgan fingerprint density at radius 2 is 1.96 bits per heavy atom. The molecule has 2 aromatic rings. The molecule has 26 heavy (non-hydrogen) atoms. The van der Waals surface area contributed by atoms with Gasteiger partial charge in [0.25, 0.3) is 5.91 Å². The monoisotopic (exact) mass is 450 g/mol. The quantitative estimate of drug-likeness (QED) is 0.664. The second-order valence-electron chi connectivity index (χ2n) is 5.39. The van der Waals surface area contributed by atoms with Crippen molar-refractivity contribution in [2.24, 2.45) is 4.99 Å². The third-order valence-electron chi connectivity index (χ3n) is 3.59. The minimum absolute atomic E-state index is 0.167. The molecule has 2 aromatic carbocycles. The first-order chi connectivity index (χ1) is 12.3. The largest absolute Gasteiger partial charge is 0.478 e. The number of carbonyl (C=O) groups excluding carboxylic acids is 1. The van der Waals surface area contributed by atoms with Crippen LogP contribution in [0, 0.1) is 0 Å². The number of amidine groups is 1. The number of thioether (sulfide) groups is 1. The summed E-state index contributed by atoms with van der Waals surface area (Å²) < 4.78 is 0.775. The molecule has 0 aliphatic carbocycles. The van der Waals surface area contributed by atoms with Gasteiger partial charge >= 0.3 is 5.97 Å². The SMILES string of the molecule is CN1C(=O)/C(=C/c2ccc(C(=O)O)cc2)SC1=Nc1ccc(Br)c(Cl)c1. The van der Waals surface area contributed by atoms with Crippen LogP contribution in [0.1, 0.15) is 15.9 Å². The minimum Gasteiger partial charge on any atom is -0.478 e. The average Bonchev–Trinajstić information content (AvgIpc) is 2.87. The van der Waals surface area contributed by atoms with Crippen molar-refractivity contribution in [2.45, 2.75) is 0 Å². The lowest BCUT2D eigenvalue weighted by Crippen LogP contribution is -2.23. The van der Waals surface area contributed by atoms with Gasteiger partial charge in [0, 0.05) is 11.5 Å². The highest BCUT2D eigenvalue weighted by Gasteiger charge is 2.30. The van der Waals surface area contributed by atoms with Crippen LogP contribution in [0.25, 0.3) is 6.08 Å². The molecule has 1 heterocycles. The molecule has 132 valence electrons. The Balaban J connectivity index is 1.87. The number of aromatic carboxylic acids is 1. The molecule has 0 bridgehead atoms. The highest BCUT2D eigenvalue weighted by molar-refractivity contribution is 9.10. The van der Waals surface area contributed by atoms with Crippen LogP contribution in [0.15, 0.2) is 56.8 Å². The predicted octanol–water partition coefficient (Wildman–Crippen LogP) is 5.03. The van der Waals surface area contributed by atoms with E-state index in [9.17, 15) is 9.59 Å². The molecule has 0 spiro atoms. The van der Waals surface area contributed by atoms with E-state index in [4.69, 9.17) is 16.7 Å². The highest BCUT2D eigenvalue weighted by atomic mass is 79.9. The molecule has 0 saturated carbocycles. The van der Waals surface area contributed by atoms with Crippen LogP contribution in [0.2, 0.25) is 5.02 Å². The van der Waals surface area contributed by atoms with E-state index in [1.54, 1.807) is 43.5 Å². The summed E-state index contributed by atoms with van der Waals surface area (Å²) in [6, 6.07) is 11.6. The molecular formula is C18H12BrClN2O3S. The first-order valence-electron chi connectivity index (χ1n) is 7.40. The van der Waals surface area contributed by atoms with Gasteiger partial charge in [0.2, 0.25) is 0 Å². The summed E-state index contributed by atoms with van der Waals surface area (Å²) in [6.45, 7) is 0. The molecule has 1 aliphatic rings. The Bertz CT molecular complexity index is 957. The van der Waals surface area contributed by atoms with Crippen molar-refractivity contribution in [3.8, 4) is 0 Å². The molecule has 5 nitrogen and oxygen atoms in total. The number of benzene rings is 2. The second kappa shape index (κ2) is 7.65. The molecule has 1 fully saturated rings. The van der Waals surface area contributed by atoms with Crippen LogP contribution < -0.4 is 0 Å². The van der Waals surface area contributed by atoms with Crippen LogP contribution in [-0.2, 0) is 4.79 Å². The number of likely N-dealkylation sites (N-methyl/N-ethyl adjacent to an activating group) is 1. The molecule has 1 N–H and O–H groups in total. The first-order valence-corrected chi connectivity index (χ1v) is 9.38. The number of amides is 1. The maximum Gasteiger partial charge on any atom is 0.335 e. The van der Waals surface area contributed by atoms with Gasteiger partial charge in [-0.1, -0.05) is 23.7 Å². The van der Waals surface area contributed by atoms with Gasteiger partial charge < -0.3 is 5.11 Å². The summed E-state index contributed by atoms with van der Waals surface area (Å²) in [5.74, 6) is -1.16. The molecule has 0 aromatic heterocycles. The maximum absolute atomic E-state index is 12.4. The van der Waals surface area contributed by atoms with Crippen molar-refractivity contribution < 1.29 is 14.7 Å². The van der Waals surface area contributed by atoms with Gasteiger partial charge in [-0.3, -0.25) is 9.69 Å². The van der Waals surface area contributed by atoms with E-state index in [-0.39, 0.29) is 11.5 Å². The lowest BCUT2D eigenvalue weighted by molar-refractivity contribution is -0.121. The van der Waals surface area contributed by atoms with Crippen molar-refractivity contribution in [3.63, 3.8) is 0 Å². The number of nitrogens with zero attached hydrogens (tertiary/aromatic N) is 2.